The van der Waals surface area contributed by atoms with Crippen molar-refractivity contribution in [1.82, 2.24) is 25.0 Å². The summed E-state index contributed by atoms with van der Waals surface area (Å²) in [4.78, 5) is 60.1. The first-order valence-corrected chi connectivity index (χ1v) is 15.7. The standard InChI is InChI=1S/C26H26ClN9O8S2/c1-12(24(40)41)44-33-17(16-20(27)46-26(28)32-16)21(38)31-18-22(39)36-19(25(42)43)13(11-45-23(18)36)10-34-6-3-14(4-7-34)30-15-2-5-29-35(15)8-9-37/h2-7,12,18,23,37H,8-11H2,1H3,(H5,28,31,32,38,40,41,42,43)/p+1/b33-17-/t12-,18?,23?/m0/s1. The van der Waals surface area contributed by atoms with E-state index in [1.165, 1.54) is 18.7 Å². The molecule has 1 fully saturated rings. The van der Waals surface area contributed by atoms with Gasteiger partial charge in [-0.05, 0) is 6.92 Å². The number of amides is 2. The smallest absolute Gasteiger partial charge is 0.352 e. The van der Waals surface area contributed by atoms with E-state index in [1.54, 1.807) is 46.0 Å². The number of nitrogen functional groups attached to an aromatic ring is 1. The van der Waals surface area contributed by atoms with Crippen LogP contribution in [0.3, 0.4) is 0 Å². The van der Waals surface area contributed by atoms with Gasteiger partial charge in [0.25, 0.3) is 11.8 Å². The number of halogens is 1. The first-order valence-electron chi connectivity index (χ1n) is 13.5. The number of β-lactam (4-membered cyclic amide) rings is 1. The number of thiazole rings is 1. The quantitative estimate of drug-likeness (QED) is 0.0610. The lowest BCUT2D eigenvalue weighted by Gasteiger charge is -2.49. The average molecular weight is 693 g/mol. The van der Waals surface area contributed by atoms with Crippen molar-refractivity contribution in [1.29, 1.82) is 0 Å². The van der Waals surface area contributed by atoms with Crippen molar-refractivity contribution >= 4 is 80.8 Å². The second-order valence-corrected chi connectivity index (χ2v) is 12.6. The fraction of sp³-hybridized carbons (Fsp3) is 0.308. The number of pyridine rings is 1. The lowest BCUT2D eigenvalue weighted by Crippen LogP contribution is -2.71. The third kappa shape index (κ3) is 6.76. The number of fused-ring (bicyclic) bond motifs is 1. The van der Waals surface area contributed by atoms with Gasteiger partial charge in [-0.2, -0.15) is 5.10 Å². The molecule has 242 valence electrons. The second-order valence-electron chi connectivity index (χ2n) is 9.87. The van der Waals surface area contributed by atoms with E-state index in [9.17, 15) is 29.4 Å². The second kappa shape index (κ2) is 13.7. The molecule has 3 aromatic heterocycles. The zero-order valence-corrected chi connectivity index (χ0v) is 26.3. The number of aliphatic carboxylic acids is 2. The number of carboxylic acids is 2. The Hall–Kier alpha value is -4.72. The van der Waals surface area contributed by atoms with Crippen molar-refractivity contribution in [2.45, 2.75) is 37.5 Å². The minimum absolute atomic E-state index is 0.0121. The van der Waals surface area contributed by atoms with Gasteiger partial charge in [0.1, 0.15) is 33.0 Å². The molecule has 0 radical (unpaired) electrons. The number of carboxylic acid groups (broad SMARTS) is 2. The fourth-order valence-electron chi connectivity index (χ4n) is 4.57. The van der Waals surface area contributed by atoms with Crippen LogP contribution >= 0.6 is 34.7 Å². The number of nitrogens with one attached hydrogen (secondary N) is 2. The molecule has 1 saturated heterocycles. The number of nitrogens with two attached hydrogens (primary N) is 1. The van der Waals surface area contributed by atoms with Crippen LogP contribution in [0.4, 0.5) is 16.6 Å². The third-order valence-electron chi connectivity index (χ3n) is 6.79. The summed E-state index contributed by atoms with van der Waals surface area (Å²) in [5.41, 5.74) is 6.08. The van der Waals surface area contributed by atoms with Crippen LogP contribution in [0.5, 0.6) is 0 Å². The maximum absolute atomic E-state index is 13.3. The minimum Gasteiger partial charge on any atom is -0.478 e. The number of oxime groups is 1. The van der Waals surface area contributed by atoms with Crippen LogP contribution in [-0.4, -0.2) is 94.3 Å². The van der Waals surface area contributed by atoms with E-state index in [2.05, 4.69) is 25.9 Å². The number of aromatic nitrogens is 4. The normalized spacial score (nSPS) is 18.5. The van der Waals surface area contributed by atoms with Crippen LogP contribution < -0.4 is 20.9 Å². The zero-order valence-electron chi connectivity index (χ0n) is 23.9. The molecule has 20 heteroatoms. The summed E-state index contributed by atoms with van der Waals surface area (Å²) in [6, 6.07) is 4.22. The van der Waals surface area contributed by atoms with Gasteiger partial charge in [0, 0.05) is 29.5 Å². The Bertz CT molecular complexity index is 1740. The zero-order chi connectivity index (χ0) is 33.1. The largest absolute Gasteiger partial charge is 0.478 e. The third-order valence-corrected chi connectivity index (χ3v) is 9.22. The van der Waals surface area contributed by atoms with E-state index in [1.807, 2.05) is 0 Å². The molecular formula is C26H27ClN9O8S2+. The molecule has 0 aromatic carbocycles. The Morgan fingerprint density at radius 1 is 1.28 bits per heavy atom. The molecule has 2 aliphatic rings. The van der Waals surface area contributed by atoms with Crippen LogP contribution in [0.15, 0.2) is 53.2 Å². The highest BCUT2D eigenvalue weighted by Crippen LogP contribution is 2.40. The number of aliphatic hydroxyl groups excluding tert-OH is 1. The molecule has 2 amide bonds. The number of hydrogen-bond donors (Lipinski definition) is 6. The molecule has 3 aromatic rings. The average Bonchev–Trinajstić information content (AvgIpc) is 3.60. The number of nitrogens with zero attached hydrogens (tertiary/aromatic N) is 6. The molecule has 2 unspecified atom stereocenters. The lowest BCUT2D eigenvalue weighted by molar-refractivity contribution is -0.688. The van der Waals surface area contributed by atoms with Crippen molar-refractivity contribution in [3.63, 3.8) is 0 Å². The Morgan fingerprint density at radius 3 is 2.65 bits per heavy atom. The number of anilines is 3. The van der Waals surface area contributed by atoms with Crippen molar-refractivity contribution in [3.8, 4) is 0 Å². The van der Waals surface area contributed by atoms with Gasteiger partial charge < -0.3 is 36.5 Å². The Morgan fingerprint density at radius 2 is 2.02 bits per heavy atom. The highest BCUT2D eigenvalue weighted by molar-refractivity contribution is 8.00. The van der Waals surface area contributed by atoms with Crippen molar-refractivity contribution in [2.75, 3.05) is 23.4 Å². The lowest BCUT2D eigenvalue weighted by atomic mass is 10.0. The van der Waals surface area contributed by atoms with Crippen molar-refractivity contribution in [3.05, 3.63) is 58.1 Å². The maximum atomic E-state index is 13.3. The number of thioether (sulfide) groups is 1. The molecule has 0 spiro atoms. The predicted molar refractivity (Wildman–Crippen MR) is 165 cm³/mol. The van der Waals surface area contributed by atoms with Gasteiger partial charge in [0.2, 0.25) is 6.10 Å². The maximum Gasteiger partial charge on any atom is 0.352 e. The molecule has 5 heterocycles. The van der Waals surface area contributed by atoms with Gasteiger partial charge in [-0.3, -0.25) is 14.5 Å². The van der Waals surface area contributed by atoms with E-state index in [0.29, 0.717) is 17.9 Å². The molecule has 7 N–H and O–H groups in total. The Balaban J connectivity index is 1.30. The van der Waals surface area contributed by atoms with Crippen LogP contribution in [0.2, 0.25) is 4.34 Å². The van der Waals surface area contributed by atoms with Gasteiger partial charge in [-0.1, -0.05) is 28.1 Å². The van der Waals surface area contributed by atoms with Crippen LogP contribution in [0, 0.1) is 0 Å². The molecule has 0 bridgehead atoms. The summed E-state index contributed by atoms with van der Waals surface area (Å²) >= 11 is 8.28. The summed E-state index contributed by atoms with van der Waals surface area (Å²) < 4.78 is 3.37. The SMILES string of the molecule is C[C@H](O/N=C(\C(=O)NC1C(=O)N2C(C(=O)O)=C(C[n+]3ccc(Nc4ccnn4CCO)cc3)CSC12)c1nc(N)sc1Cl)C(=O)O. The first kappa shape index (κ1) is 32.7. The van der Waals surface area contributed by atoms with Crippen molar-refractivity contribution < 1.29 is 43.9 Å². The number of hydrogen-bond acceptors (Lipinski definition) is 13. The number of rotatable bonds is 13. The summed E-state index contributed by atoms with van der Waals surface area (Å²) in [6.45, 7) is 1.65. The molecule has 0 saturated carbocycles. The molecule has 17 nitrogen and oxygen atoms in total. The van der Waals surface area contributed by atoms with Crippen LogP contribution in [-0.2, 0) is 37.1 Å². The van der Waals surface area contributed by atoms with Gasteiger partial charge in [0.15, 0.2) is 29.8 Å². The molecule has 5 rings (SSSR count). The highest BCUT2D eigenvalue weighted by Gasteiger charge is 2.55. The van der Waals surface area contributed by atoms with E-state index >= 15 is 0 Å². The van der Waals surface area contributed by atoms with Gasteiger partial charge >= 0.3 is 11.9 Å². The Kier molecular flexibility index (Phi) is 9.75. The predicted octanol–water partition coefficient (Wildman–Crippen LogP) is 0.231. The van der Waals surface area contributed by atoms with E-state index in [4.69, 9.17) is 27.3 Å². The van der Waals surface area contributed by atoms with Gasteiger partial charge in [-0.15, -0.1) is 11.8 Å². The van der Waals surface area contributed by atoms with Crippen LogP contribution in [0.25, 0.3) is 0 Å². The molecular weight excluding hydrogens is 666 g/mol. The molecule has 2 aliphatic heterocycles. The minimum atomic E-state index is -1.42. The Labute approximate surface area is 273 Å². The van der Waals surface area contributed by atoms with Gasteiger partial charge in [0.05, 0.1) is 25.0 Å². The molecule has 3 atom stereocenters. The molecule has 46 heavy (non-hydrogen) atoms. The first-order chi connectivity index (χ1) is 22.0. The topological polar surface area (TPSA) is 238 Å². The van der Waals surface area contributed by atoms with Crippen molar-refractivity contribution in [2.24, 2.45) is 5.16 Å². The van der Waals surface area contributed by atoms with Crippen LogP contribution in [0.1, 0.15) is 12.6 Å². The summed E-state index contributed by atoms with van der Waals surface area (Å²) in [7, 11) is 0. The number of aliphatic hydroxyl groups is 1. The molecule has 0 aliphatic carbocycles. The summed E-state index contributed by atoms with van der Waals surface area (Å²) in [5, 5.41) is 41.2. The number of carbonyl (C=O) groups excluding carboxylic acids is 2. The highest BCUT2D eigenvalue weighted by atomic mass is 35.5. The van der Waals surface area contributed by atoms with E-state index in [0.717, 1.165) is 21.9 Å². The fourth-order valence-corrected chi connectivity index (χ4v) is 6.84. The monoisotopic (exact) mass is 692 g/mol. The van der Waals surface area contributed by atoms with E-state index in [-0.39, 0.29) is 39.8 Å². The number of carbonyl (C=O) groups is 4. The van der Waals surface area contributed by atoms with E-state index < -0.39 is 47.0 Å². The van der Waals surface area contributed by atoms with Gasteiger partial charge in [-0.25, -0.2) is 23.8 Å². The summed E-state index contributed by atoms with van der Waals surface area (Å²) in [5.74, 6) is -3.30. The summed E-state index contributed by atoms with van der Waals surface area (Å²) in [6.07, 6.45) is 3.70.